The third-order valence-corrected chi connectivity index (χ3v) is 2.08. The van der Waals surface area contributed by atoms with Crippen LogP contribution in [-0.2, 0) is 0 Å². The zero-order valence-electron chi connectivity index (χ0n) is 8.38. The van der Waals surface area contributed by atoms with Crippen LogP contribution < -0.4 is 5.73 Å². The number of nitrogens with one attached hydrogen (secondary N) is 1. The van der Waals surface area contributed by atoms with Gasteiger partial charge in [-0.15, -0.1) is 0 Å². The fourth-order valence-corrected chi connectivity index (χ4v) is 0.943. The lowest BCUT2D eigenvalue weighted by Crippen LogP contribution is -2.43. The summed E-state index contributed by atoms with van der Waals surface area (Å²) in [4.78, 5) is 13.0. The fraction of sp³-hybridized carbons (Fsp3) is 0.429. The van der Waals surface area contributed by atoms with Gasteiger partial charge in [0.05, 0.1) is 12.2 Å². The van der Waals surface area contributed by atoms with Gasteiger partial charge in [-0.05, 0) is 6.92 Å². The summed E-state index contributed by atoms with van der Waals surface area (Å²) in [6.07, 6.45) is 1.30. The molecule has 1 heterocycles. The van der Waals surface area contributed by atoms with E-state index in [1.54, 1.807) is 6.92 Å². The predicted molar refractivity (Wildman–Crippen MR) is 51.3 cm³/mol. The lowest BCUT2D eigenvalue weighted by atomic mass is 10.2. The van der Waals surface area contributed by atoms with Gasteiger partial charge in [-0.3, -0.25) is 4.79 Å². The van der Waals surface area contributed by atoms with Crippen molar-refractivity contribution in [3.8, 4) is 0 Å². The number of amidine groups is 1. The summed E-state index contributed by atoms with van der Waals surface area (Å²) in [6, 6.07) is -0.515. The van der Waals surface area contributed by atoms with Gasteiger partial charge in [0, 0.05) is 7.05 Å². The van der Waals surface area contributed by atoms with Crippen LogP contribution in [0.5, 0.6) is 0 Å². The SMILES string of the molecule is CC(C(N)=NO)N(C)C(=O)c1cn[nH]n1. The highest BCUT2D eigenvalue weighted by atomic mass is 16.4. The van der Waals surface area contributed by atoms with E-state index in [9.17, 15) is 4.79 Å². The van der Waals surface area contributed by atoms with Gasteiger partial charge in [0.1, 0.15) is 0 Å². The first kappa shape index (κ1) is 11.0. The van der Waals surface area contributed by atoms with Gasteiger partial charge >= 0.3 is 0 Å². The highest BCUT2D eigenvalue weighted by molar-refractivity contribution is 5.96. The van der Waals surface area contributed by atoms with Crippen molar-refractivity contribution in [2.45, 2.75) is 13.0 Å². The van der Waals surface area contributed by atoms with E-state index in [1.165, 1.54) is 18.1 Å². The molecule has 8 heteroatoms. The molecule has 1 aromatic rings. The van der Waals surface area contributed by atoms with Crippen molar-refractivity contribution in [1.29, 1.82) is 0 Å². The molecule has 0 aliphatic carbocycles. The maximum Gasteiger partial charge on any atom is 0.276 e. The van der Waals surface area contributed by atoms with E-state index in [-0.39, 0.29) is 17.4 Å². The molecule has 82 valence electrons. The first-order valence-electron chi connectivity index (χ1n) is 4.18. The minimum Gasteiger partial charge on any atom is -0.409 e. The minimum absolute atomic E-state index is 0.0469. The Balaban J connectivity index is 2.77. The van der Waals surface area contributed by atoms with Crippen LogP contribution >= 0.6 is 0 Å². The van der Waals surface area contributed by atoms with E-state index in [0.717, 1.165) is 0 Å². The average Bonchev–Trinajstić information content (AvgIpc) is 2.78. The molecule has 0 aromatic carbocycles. The number of hydrogen-bond acceptors (Lipinski definition) is 5. The van der Waals surface area contributed by atoms with E-state index >= 15 is 0 Å². The molecule has 0 saturated carbocycles. The van der Waals surface area contributed by atoms with Crippen molar-refractivity contribution in [2.75, 3.05) is 7.05 Å². The van der Waals surface area contributed by atoms with Gasteiger partial charge in [-0.2, -0.15) is 15.4 Å². The van der Waals surface area contributed by atoms with Crippen molar-refractivity contribution >= 4 is 11.7 Å². The molecule has 0 radical (unpaired) electrons. The van der Waals surface area contributed by atoms with E-state index in [2.05, 4.69) is 20.6 Å². The molecule has 15 heavy (non-hydrogen) atoms. The Morgan fingerprint density at radius 1 is 1.80 bits per heavy atom. The summed E-state index contributed by atoms with van der Waals surface area (Å²) in [5, 5.41) is 20.8. The molecule has 1 atom stereocenters. The number of amides is 1. The van der Waals surface area contributed by atoms with Gasteiger partial charge in [0.2, 0.25) is 0 Å². The Morgan fingerprint density at radius 2 is 2.47 bits per heavy atom. The van der Waals surface area contributed by atoms with Crippen molar-refractivity contribution in [1.82, 2.24) is 20.3 Å². The largest absolute Gasteiger partial charge is 0.409 e. The van der Waals surface area contributed by atoms with Crippen molar-refractivity contribution in [3.63, 3.8) is 0 Å². The quantitative estimate of drug-likeness (QED) is 0.257. The van der Waals surface area contributed by atoms with Gasteiger partial charge < -0.3 is 15.8 Å². The number of aromatic nitrogens is 3. The zero-order valence-corrected chi connectivity index (χ0v) is 8.38. The average molecular weight is 212 g/mol. The van der Waals surface area contributed by atoms with Crippen LogP contribution in [0.4, 0.5) is 0 Å². The highest BCUT2D eigenvalue weighted by Crippen LogP contribution is 2.02. The lowest BCUT2D eigenvalue weighted by Gasteiger charge is -2.22. The third-order valence-electron chi connectivity index (χ3n) is 2.08. The molecular weight excluding hydrogens is 200 g/mol. The molecule has 0 aliphatic heterocycles. The molecule has 1 amide bonds. The Bertz CT molecular complexity index is 360. The Hall–Kier alpha value is -2.12. The number of oxime groups is 1. The minimum atomic E-state index is -0.515. The van der Waals surface area contributed by atoms with Gasteiger partial charge in [-0.1, -0.05) is 5.16 Å². The molecule has 0 aliphatic rings. The summed E-state index contributed by atoms with van der Waals surface area (Å²) in [5.41, 5.74) is 5.55. The smallest absolute Gasteiger partial charge is 0.276 e. The fourth-order valence-electron chi connectivity index (χ4n) is 0.943. The normalized spacial score (nSPS) is 13.6. The number of aromatic amines is 1. The maximum atomic E-state index is 11.7. The molecule has 4 N–H and O–H groups in total. The second kappa shape index (κ2) is 4.40. The van der Waals surface area contributed by atoms with Crippen LogP contribution in [0.25, 0.3) is 0 Å². The lowest BCUT2D eigenvalue weighted by molar-refractivity contribution is 0.0770. The van der Waals surface area contributed by atoms with E-state index in [4.69, 9.17) is 10.9 Å². The number of nitrogens with zero attached hydrogens (tertiary/aromatic N) is 4. The zero-order chi connectivity index (χ0) is 11.4. The van der Waals surface area contributed by atoms with Crippen LogP contribution in [0.2, 0.25) is 0 Å². The number of nitrogens with two attached hydrogens (primary N) is 1. The summed E-state index contributed by atoms with van der Waals surface area (Å²) in [6.45, 7) is 1.63. The maximum absolute atomic E-state index is 11.7. The van der Waals surface area contributed by atoms with Crippen LogP contribution in [0.3, 0.4) is 0 Å². The summed E-state index contributed by atoms with van der Waals surface area (Å²) in [5.74, 6) is -0.405. The van der Waals surface area contributed by atoms with Crippen LogP contribution in [0, 0.1) is 0 Å². The standard InChI is InChI=1S/C7H12N6O2/c1-4(6(8)11-15)13(2)7(14)5-3-9-12-10-5/h3-4,15H,1-2H3,(H2,8,11)(H,9,10,12). The first-order chi connectivity index (χ1) is 7.07. The van der Waals surface area contributed by atoms with Gasteiger partial charge in [0.15, 0.2) is 11.5 Å². The molecule has 8 nitrogen and oxygen atoms in total. The molecule has 1 unspecified atom stereocenters. The van der Waals surface area contributed by atoms with Gasteiger partial charge in [0.25, 0.3) is 5.91 Å². The third kappa shape index (κ3) is 2.22. The first-order valence-corrected chi connectivity index (χ1v) is 4.18. The number of H-pyrrole nitrogens is 1. The van der Waals surface area contributed by atoms with Crippen molar-refractivity contribution in [2.24, 2.45) is 10.9 Å². The summed E-state index contributed by atoms with van der Waals surface area (Å²) in [7, 11) is 1.53. The van der Waals surface area contributed by atoms with Crippen molar-refractivity contribution < 1.29 is 10.0 Å². The number of rotatable bonds is 3. The topological polar surface area (TPSA) is 120 Å². The molecule has 1 rings (SSSR count). The summed E-state index contributed by atoms with van der Waals surface area (Å²) < 4.78 is 0. The molecular formula is C7H12N6O2. The van der Waals surface area contributed by atoms with E-state index < -0.39 is 6.04 Å². The molecule has 0 fully saturated rings. The number of carbonyl (C=O) groups excluding carboxylic acids is 1. The molecule has 1 aromatic heterocycles. The Labute approximate surface area is 85.7 Å². The number of carbonyl (C=O) groups is 1. The van der Waals surface area contributed by atoms with Crippen LogP contribution in [-0.4, -0.2) is 50.4 Å². The van der Waals surface area contributed by atoms with E-state index in [0.29, 0.717) is 0 Å². The molecule has 0 bridgehead atoms. The Kier molecular flexibility index (Phi) is 3.21. The highest BCUT2D eigenvalue weighted by Gasteiger charge is 2.22. The molecule has 0 spiro atoms. The van der Waals surface area contributed by atoms with Crippen molar-refractivity contribution in [3.05, 3.63) is 11.9 Å². The van der Waals surface area contributed by atoms with Crippen LogP contribution in [0.1, 0.15) is 17.4 Å². The second-order valence-electron chi connectivity index (χ2n) is 2.97. The Morgan fingerprint density at radius 3 is 2.93 bits per heavy atom. The van der Waals surface area contributed by atoms with Crippen LogP contribution in [0.15, 0.2) is 11.4 Å². The monoisotopic (exact) mass is 212 g/mol. The predicted octanol–water partition coefficient (Wildman–Crippen LogP) is -0.988. The number of likely N-dealkylation sites (N-methyl/N-ethyl adjacent to an activating group) is 1. The summed E-state index contributed by atoms with van der Waals surface area (Å²) >= 11 is 0. The second-order valence-corrected chi connectivity index (χ2v) is 2.97. The molecule has 0 saturated heterocycles. The van der Waals surface area contributed by atoms with E-state index in [1.807, 2.05) is 0 Å². The van der Waals surface area contributed by atoms with Gasteiger partial charge in [-0.25, -0.2) is 0 Å². The number of hydrogen-bond donors (Lipinski definition) is 3.